The second-order valence-corrected chi connectivity index (χ2v) is 20.5. The van der Waals surface area contributed by atoms with Crippen LogP contribution >= 0.6 is 0 Å². The number of rotatable bonds is 11. The molecule has 1 aliphatic rings. The molecule has 3 heterocycles. The molecule has 9 rings (SSSR count). The zero-order valence-electron chi connectivity index (χ0n) is 40.1. The van der Waals surface area contributed by atoms with Gasteiger partial charge >= 0.3 is 0 Å². The van der Waals surface area contributed by atoms with Crippen LogP contribution in [0.1, 0.15) is 127 Å². The third kappa shape index (κ3) is 8.45. The van der Waals surface area contributed by atoms with Gasteiger partial charge in [-0.05, 0) is 128 Å². The lowest BCUT2D eigenvalue weighted by Crippen LogP contribution is -2.25. The molecule has 0 saturated carbocycles. The average Bonchev–Trinajstić information content (AvgIpc) is 3.92. The number of nitrogens with zero attached hydrogens (tertiary/aromatic N) is 4. The first-order valence-electron chi connectivity index (χ1n) is 23.5. The molecule has 0 aliphatic carbocycles. The summed E-state index contributed by atoms with van der Waals surface area (Å²) < 4.78 is 9.12. The van der Waals surface area contributed by atoms with E-state index in [0.717, 1.165) is 46.1 Å². The van der Waals surface area contributed by atoms with Crippen molar-refractivity contribution in [3.8, 4) is 28.4 Å². The van der Waals surface area contributed by atoms with Crippen LogP contribution in [0.5, 0.6) is 11.5 Å². The maximum absolute atomic E-state index is 6.78. The molecule has 0 amide bonds. The van der Waals surface area contributed by atoms with Crippen molar-refractivity contribution in [3.63, 3.8) is 0 Å². The SMILES string of the molecule is CC(C)c1cc(C(C)C)c(-c2ccnc(-n3c4ccc(C(C)(C)c5ccccc5)cc4c4ccc(Oc5cccc(N6C=CN(c7cccc(C(C)(C)C)c7)C6)c5)cc43)c2)c(C(C)C)c1. The molecule has 0 spiro atoms. The van der Waals surface area contributed by atoms with Gasteiger partial charge in [0.1, 0.15) is 17.3 Å². The summed E-state index contributed by atoms with van der Waals surface area (Å²) in [5.74, 6) is 3.61. The molecule has 5 heteroatoms. The Labute approximate surface area is 387 Å². The maximum atomic E-state index is 6.78. The topological polar surface area (TPSA) is 33.5 Å². The lowest BCUT2D eigenvalue weighted by Gasteiger charge is -2.26. The van der Waals surface area contributed by atoms with Crippen LogP contribution in [0.25, 0.3) is 38.8 Å². The van der Waals surface area contributed by atoms with Gasteiger partial charge in [-0.1, -0.05) is 143 Å². The summed E-state index contributed by atoms with van der Waals surface area (Å²) >= 11 is 0. The van der Waals surface area contributed by atoms with Gasteiger partial charge in [-0.3, -0.25) is 4.57 Å². The molecule has 1 aliphatic heterocycles. The molecule has 0 N–H and O–H groups in total. The van der Waals surface area contributed by atoms with Gasteiger partial charge in [0.15, 0.2) is 0 Å². The van der Waals surface area contributed by atoms with Crippen LogP contribution in [0.3, 0.4) is 0 Å². The number of hydrogen-bond acceptors (Lipinski definition) is 4. The van der Waals surface area contributed by atoms with Crippen molar-refractivity contribution in [3.05, 3.63) is 192 Å². The molecule has 6 aromatic carbocycles. The van der Waals surface area contributed by atoms with Gasteiger partial charge in [-0.15, -0.1) is 0 Å². The van der Waals surface area contributed by atoms with Gasteiger partial charge in [0.25, 0.3) is 0 Å². The van der Waals surface area contributed by atoms with E-state index < -0.39 is 0 Å². The minimum Gasteiger partial charge on any atom is -0.457 e. The van der Waals surface area contributed by atoms with Crippen LogP contribution in [0, 0.1) is 0 Å². The van der Waals surface area contributed by atoms with Crippen LogP contribution in [-0.2, 0) is 10.8 Å². The number of aromatic nitrogens is 2. The number of benzene rings is 6. The van der Waals surface area contributed by atoms with Crippen LogP contribution in [-0.4, -0.2) is 16.2 Å². The second-order valence-electron chi connectivity index (χ2n) is 20.5. The van der Waals surface area contributed by atoms with Crippen LogP contribution in [0.4, 0.5) is 11.4 Å². The smallest absolute Gasteiger partial charge is 0.138 e. The number of fused-ring (bicyclic) bond motifs is 3. The van der Waals surface area contributed by atoms with E-state index in [0.29, 0.717) is 17.8 Å². The van der Waals surface area contributed by atoms with Crippen LogP contribution in [0.2, 0.25) is 0 Å². The normalized spacial score (nSPS) is 13.4. The highest BCUT2D eigenvalue weighted by Gasteiger charge is 2.26. The zero-order chi connectivity index (χ0) is 45.8. The van der Waals surface area contributed by atoms with E-state index in [2.05, 4.69) is 236 Å². The molecular formula is C60H64N4O. The molecule has 5 nitrogen and oxygen atoms in total. The first kappa shape index (κ1) is 43.7. The van der Waals surface area contributed by atoms with E-state index in [-0.39, 0.29) is 10.8 Å². The number of pyridine rings is 1. The fraction of sp³-hybridized carbons (Fsp3) is 0.283. The van der Waals surface area contributed by atoms with Crippen molar-refractivity contribution >= 4 is 33.2 Å². The summed E-state index contributed by atoms with van der Waals surface area (Å²) in [5.41, 5.74) is 14.9. The van der Waals surface area contributed by atoms with Crippen molar-refractivity contribution in [2.75, 3.05) is 16.5 Å². The summed E-state index contributed by atoms with van der Waals surface area (Å²) in [5, 5.41) is 2.34. The van der Waals surface area contributed by atoms with Gasteiger partial charge in [-0.2, -0.15) is 0 Å². The Morgan fingerprint density at radius 2 is 1.17 bits per heavy atom. The standard InChI is InChI=1S/C60H64N4O/c1-39(2)43-31-52(40(3)4)58(53(32-43)41(5)6)42-27-28-61-57(33-42)64-55-26-23-46(60(10,11)44-17-13-12-14-18-44)35-54(55)51-25-24-50(37-56(51)64)65-49-22-16-21-48(36-49)63-30-29-62(38-63)47-20-15-19-45(34-47)59(7,8)9/h12-37,39-41H,38H2,1-11H3. The summed E-state index contributed by atoms with van der Waals surface area (Å²) in [4.78, 5) is 9.69. The van der Waals surface area contributed by atoms with Crippen molar-refractivity contribution < 1.29 is 4.74 Å². The van der Waals surface area contributed by atoms with Crippen LogP contribution < -0.4 is 14.5 Å². The summed E-state index contributed by atoms with van der Waals surface area (Å²) in [7, 11) is 0. The van der Waals surface area contributed by atoms with Crippen LogP contribution in [0.15, 0.2) is 158 Å². The number of hydrogen-bond donors (Lipinski definition) is 0. The first-order chi connectivity index (χ1) is 31.1. The minimum atomic E-state index is -0.198. The third-order valence-corrected chi connectivity index (χ3v) is 13.5. The summed E-state index contributed by atoms with van der Waals surface area (Å²) in [6.45, 7) is 26.0. The Bertz CT molecular complexity index is 3020. The molecule has 8 aromatic rings. The molecule has 0 fully saturated rings. The van der Waals surface area contributed by atoms with Gasteiger partial charge < -0.3 is 14.5 Å². The molecular weight excluding hydrogens is 793 g/mol. The van der Waals surface area contributed by atoms with Crippen molar-refractivity contribution in [1.82, 2.24) is 9.55 Å². The highest BCUT2D eigenvalue weighted by atomic mass is 16.5. The van der Waals surface area contributed by atoms with Crippen molar-refractivity contribution in [2.45, 2.75) is 105 Å². The molecule has 65 heavy (non-hydrogen) atoms. The molecule has 0 unspecified atom stereocenters. The second kappa shape index (κ2) is 17.1. The Morgan fingerprint density at radius 1 is 0.523 bits per heavy atom. The third-order valence-electron chi connectivity index (χ3n) is 13.5. The van der Waals surface area contributed by atoms with E-state index in [4.69, 9.17) is 9.72 Å². The highest BCUT2D eigenvalue weighted by Crippen LogP contribution is 2.43. The fourth-order valence-corrected chi connectivity index (χ4v) is 9.47. The van der Waals surface area contributed by atoms with Gasteiger partial charge in [0.05, 0.1) is 17.7 Å². The molecule has 0 radical (unpaired) electrons. The predicted molar refractivity (Wildman–Crippen MR) is 275 cm³/mol. The first-order valence-corrected chi connectivity index (χ1v) is 23.5. The van der Waals surface area contributed by atoms with Gasteiger partial charge in [-0.25, -0.2) is 4.98 Å². The van der Waals surface area contributed by atoms with E-state index >= 15 is 0 Å². The van der Waals surface area contributed by atoms with Gasteiger partial charge in [0.2, 0.25) is 0 Å². The lowest BCUT2D eigenvalue weighted by molar-refractivity contribution is 0.483. The maximum Gasteiger partial charge on any atom is 0.138 e. The van der Waals surface area contributed by atoms with E-state index in [9.17, 15) is 0 Å². The van der Waals surface area contributed by atoms with Gasteiger partial charge in [0, 0.05) is 58.3 Å². The quantitative estimate of drug-likeness (QED) is 0.130. The van der Waals surface area contributed by atoms with Crippen molar-refractivity contribution in [1.29, 1.82) is 0 Å². The number of anilines is 2. The molecule has 2 aromatic heterocycles. The fourth-order valence-electron chi connectivity index (χ4n) is 9.47. The Kier molecular flexibility index (Phi) is 11.5. The van der Waals surface area contributed by atoms with E-state index in [1.807, 2.05) is 12.3 Å². The number of ether oxygens (including phenoxy) is 1. The van der Waals surface area contributed by atoms with Crippen molar-refractivity contribution in [2.24, 2.45) is 0 Å². The Balaban J connectivity index is 1.13. The molecule has 330 valence electrons. The van der Waals surface area contributed by atoms with E-state index in [1.165, 1.54) is 55.6 Å². The minimum absolute atomic E-state index is 0.0834. The summed E-state index contributed by atoms with van der Waals surface area (Å²) in [6, 6.07) is 50.9. The Hall–Kier alpha value is -6.59. The Morgan fingerprint density at radius 3 is 1.83 bits per heavy atom. The largest absolute Gasteiger partial charge is 0.457 e. The highest BCUT2D eigenvalue weighted by molar-refractivity contribution is 6.10. The average molecular weight is 857 g/mol. The molecule has 0 atom stereocenters. The lowest BCUT2D eigenvalue weighted by atomic mass is 9.78. The monoisotopic (exact) mass is 857 g/mol. The summed E-state index contributed by atoms with van der Waals surface area (Å²) in [6.07, 6.45) is 6.29. The van der Waals surface area contributed by atoms with E-state index in [1.54, 1.807) is 0 Å². The molecule has 0 saturated heterocycles. The predicted octanol–water partition coefficient (Wildman–Crippen LogP) is 16.4. The zero-order valence-corrected chi connectivity index (χ0v) is 40.1. The molecule has 0 bridgehead atoms.